The van der Waals surface area contributed by atoms with Crippen molar-refractivity contribution in [1.29, 1.82) is 0 Å². The average molecular weight is 802 g/mol. The Kier molecular flexibility index (Phi) is 37.4. The van der Waals surface area contributed by atoms with Crippen LogP contribution in [-0.2, 0) is 37.5 Å². The van der Waals surface area contributed by atoms with Gasteiger partial charge in [0.1, 0.15) is 12.6 Å². The smallest absolute Gasteiger partial charge is 0.472 e. The maximum absolute atomic E-state index is 12.6. The highest BCUT2D eigenvalue weighted by molar-refractivity contribution is 7.47. The summed E-state index contributed by atoms with van der Waals surface area (Å²) < 4.78 is 32.7. The number of carboxylic acid groups (broad SMARTS) is 1. The third kappa shape index (κ3) is 38.6. The number of carbonyl (C=O) groups is 3. The molecule has 0 heterocycles. The monoisotopic (exact) mass is 802 g/mol. The molecular formula is C43H80NO10P. The van der Waals surface area contributed by atoms with Crippen LogP contribution in [0.5, 0.6) is 0 Å². The minimum Gasteiger partial charge on any atom is -0.480 e. The molecule has 0 aromatic rings. The van der Waals surface area contributed by atoms with Gasteiger partial charge in [-0.3, -0.25) is 23.4 Å². The van der Waals surface area contributed by atoms with Gasteiger partial charge in [0.25, 0.3) is 0 Å². The van der Waals surface area contributed by atoms with Crippen LogP contribution in [0, 0.1) is 0 Å². The van der Waals surface area contributed by atoms with E-state index in [0.717, 1.165) is 64.2 Å². The van der Waals surface area contributed by atoms with Crippen molar-refractivity contribution in [2.24, 2.45) is 5.73 Å². The van der Waals surface area contributed by atoms with Crippen molar-refractivity contribution in [3.63, 3.8) is 0 Å². The Morgan fingerprint density at radius 3 is 1.47 bits per heavy atom. The molecule has 4 N–H and O–H groups in total. The highest BCUT2D eigenvalue weighted by Crippen LogP contribution is 2.43. The summed E-state index contributed by atoms with van der Waals surface area (Å²) in [6.45, 7) is 2.76. The number of aliphatic carboxylic acids is 1. The second-order valence-electron chi connectivity index (χ2n) is 14.8. The van der Waals surface area contributed by atoms with Crippen molar-refractivity contribution < 1.29 is 47.5 Å². The molecule has 322 valence electrons. The topological polar surface area (TPSA) is 172 Å². The molecule has 1 unspecified atom stereocenters. The zero-order chi connectivity index (χ0) is 40.7. The molecule has 0 fully saturated rings. The molecule has 0 saturated heterocycles. The highest BCUT2D eigenvalue weighted by Gasteiger charge is 2.28. The van der Waals surface area contributed by atoms with Gasteiger partial charge in [0.2, 0.25) is 0 Å². The molecule has 0 aliphatic heterocycles. The second kappa shape index (κ2) is 38.8. The average Bonchev–Trinajstić information content (AvgIpc) is 3.16. The number of carbonyl (C=O) groups excluding carboxylic acids is 2. The molecule has 0 aliphatic carbocycles. The van der Waals surface area contributed by atoms with Crippen LogP contribution in [0.15, 0.2) is 24.3 Å². The number of hydrogen-bond acceptors (Lipinski definition) is 9. The first-order valence-electron chi connectivity index (χ1n) is 21.9. The van der Waals surface area contributed by atoms with Gasteiger partial charge in [-0.15, -0.1) is 0 Å². The lowest BCUT2D eigenvalue weighted by Crippen LogP contribution is -2.34. The lowest BCUT2D eigenvalue weighted by atomic mass is 10.0. The Bertz CT molecular complexity index is 1040. The number of unbranched alkanes of at least 4 members (excludes halogenated alkanes) is 23. The van der Waals surface area contributed by atoms with Crippen LogP contribution in [0.1, 0.15) is 200 Å². The van der Waals surface area contributed by atoms with E-state index < -0.39 is 51.1 Å². The third-order valence-electron chi connectivity index (χ3n) is 9.45. The van der Waals surface area contributed by atoms with E-state index in [-0.39, 0.29) is 19.4 Å². The molecule has 11 nitrogen and oxygen atoms in total. The van der Waals surface area contributed by atoms with Crippen molar-refractivity contribution >= 4 is 25.7 Å². The Balaban J connectivity index is 4.34. The number of hydrogen-bond donors (Lipinski definition) is 3. The van der Waals surface area contributed by atoms with E-state index in [0.29, 0.717) is 12.8 Å². The molecule has 0 aromatic heterocycles. The van der Waals surface area contributed by atoms with Crippen LogP contribution in [-0.4, -0.2) is 59.9 Å². The number of allylic oxidation sites excluding steroid dienone is 4. The minimum atomic E-state index is -4.71. The Hall–Kier alpha value is -2.04. The number of rotatable bonds is 41. The van der Waals surface area contributed by atoms with Gasteiger partial charge >= 0.3 is 25.7 Å². The van der Waals surface area contributed by atoms with Crippen LogP contribution < -0.4 is 5.73 Å². The summed E-state index contributed by atoms with van der Waals surface area (Å²) >= 11 is 0. The Morgan fingerprint density at radius 1 is 0.564 bits per heavy atom. The summed E-state index contributed by atoms with van der Waals surface area (Å²) in [5.74, 6) is -2.39. The van der Waals surface area contributed by atoms with Gasteiger partial charge in [-0.05, 0) is 38.5 Å². The van der Waals surface area contributed by atoms with Crippen LogP contribution in [0.4, 0.5) is 0 Å². The molecule has 0 spiro atoms. The molecule has 3 atom stereocenters. The highest BCUT2D eigenvalue weighted by atomic mass is 31.2. The first kappa shape index (κ1) is 53.0. The largest absolute Gasteiger partial charge is 0.480 e. The predicted molar refractivity (Wildman–Crippen MR) is 222 cm³/mol. The zero-order valence-corrected chi connectivity index (χ0v) is 35.7. The molecule has 0 rings (SSSR count). The first-order chi connectivity index (χ1) is 26.6. The van der Waals surface area contributed by atoms with E-state index in [1.165, 1.54) is 96.3 Å². The maximum atomic E-state index is 12.6. The fourth-order valence-corrected chi connectivity index (χ4v) is 6.74. The van der Waals surface area contributed by atoms with E-state index >= 15 is 0 Å². The summed E-state index contributed by atoms with van der Waals surface area (Å²) in [5, 5.41) is 8.88. The summed E-state index contributed by atoms with van der Waals surface area (Å²) in [6.07, 6.45) is 39.5. The summed E-state index contributed by atoms with van der Waals surface area (Å²) in [6, 6.07) is -1.52. The molecule has 55 heavy (non-hydrogen) atoms. The number of carboxylic acids is 1. The Labute approximate surface area is 334 Å². The normalized spacial score (nSPS) is 14.0. The number of phosphoric acid groups is 1. The Morgan fingerprint density at radius 2 is 0.982 bits per heavy atom. The lowest BCUT2D eigenvalue weighted by Gasteiger charge is -2.20. The first-order valence-corrected chi connectivity index (χ1v) is 23.4. The van der Waals surface area contributed by atoms with Crippen molar-refractivity contribution in [2.45, 2.75) is 212 Å². The minimum absolute atomic E-state index is 0.148. The zero-order valence-electron chi connectivity index (χ0n) is 34.8. The number of esters is 2. The van der Waals surface area contributed by atoms with Crippen LogP contribution >= 0.6 is 7.82 Å². The van der Waals surface area contributed by atoms with Crippen molar-refractivity contribution in [2.75, 3.05) is 19.8 Å². The fourth-order valence-electron chi connectivity index (χ4n) is 5.96. The maximum Gasteiger partial charge on any atom is 0.472 e. The van der Waals surface area contributed by atoms with E-state index in [1.807, 2.05) is 0 Å². The van der Waals surface area contributed by atoms with Gasteiger partial charge in [-0.1, -0.05) is 173 Å². The van der Waals surface area contributed by atoms with E-state index in [1.54, 1.807) is 0 Å². The number of nitrogens with two attached hydrogens (primary N) is 1. The third-order valence-corrected chi connectivity index (χ3v) is 10.4. The fraction of sp³-hybridized carbons (Fsp3) is 0.837. The van der Waals surface area contributed by atoms with Gasteiger partial charge in [-0.25, -0.2) is 4.57 Å². The predicted octanol–water partition coefficient (Wildman–Crippen LogP) is 11.5. The summed E-state index contributed by atoms with van der Waals surface area (Å²) in [4.78, 5) is 45.9. The molecule has 12 heteroatoms. The molecule has 0 radical (unpaired) electrons. The van der Waals surface area contributed by atoms with Gasteiger partial charge in [0.05, 0.1) is 13.2 Å². The van der Waals surface area contributed by atoms with E-state index in [9.17, 15) is 23.8 Å². The quantitative estimate of drug-likeness (QED) is 0.0232. The van der Waals surface area contributed by atoms with Gasteiger partial charge in [-0.2, -0.15) is 0 Å². The van der Waals surface area contributed by atoms with Crippen molar-refractivity contribution in [3.8, 4) is 0 Å². The lowest BCUT2D eigenvalue weighted by molar-refractivity contribution is -0.161. The molecule has 0 amide bonds. The number of ether oxygens (including phenoxy) is 2. The molecule has 0 aromatic carbocycles. The molecule has 0 saturated carbocycles. The van der Waals surface area contributed by atoms with E-state index in [2.05, 4.69) is 42.7 Å². The molecule has 0 aliphatic rings. The molecule has 0 bridgehead atoms. The SMILES string of the molecule is CCCC/C=C/C/C=C/CCCCCCCC(=O)O[C@H](COC(=O)CCCCCCCCCCCCCCCCCCC)COP(=O)(O)OC[C@H](N)C(=O)O. The summed E-state index contributed by atoms with van der Waals surface area (Å²) in [5.41, 5.74) is 5.33. The van der Waals surface area contributed by atoms with E-state index in [4.69, 9.17) is 24.8 Å². The van der Waals surface area contributed by atoms with Crippen LogP contribution in [0.3, 0.4) is 0 Å². The summed E-state index contributed by atoms with van der Waals surface area (Å²) in [7, 11) is -4.71. The van der Waals surface area contributed by atoms with Gasteiger partial charge in [0.15, 0.2) is 6.10 Å². The number of phosphoric ester groups is 1. The van der Waals surface area contributed by atoms with Crippen molar-refractivity contribution in [1.82, 2.24) is 0 Å². The van der Waals surface area contributed by atoms with Crippen LogP contribution in [0.25, 0.3) is 0 Å². The van der Waals surface area contributed by atoms with Crippen molar-refractivity contribution in [3.05, 3.63) is 24.3 Å². The van der Waals surface area contributed by atoms with Gasteiger partial charge < -0.3 is 25.2 Å². The van der Waals surface area contributed by atoms with Crippen LogP contribution in [0.2, 0.25) is 0 Å². The van der Waals surface area contributed by atoms with Gasteiger partial charge in [0, 0.05) is 12.8 Å². The second-order valence-corrected chi connectivity index (χ2v) is 16.3. The molecular weight excluding hydrogens is 721 g/mol. The standard InChI is InChI=1S/C43H80NO10P/c1-3-5-7-9-11-13-15-17-19-20-21-23-24-26-28-30-32-34-41(45)51-36-39(37-52-55(49,50)53-38-40(44)43(47)48)54-42(46)35-33-31-29-27-25-22-18-16-14-12-10-8-6-4-2/h10,12,16,18,39-40H,3-9,11,13-15,17,19-38,44H2,1-2H3,(H,47,48)(H,49,50)/b12-10+,18-16+/t39-,40+/m1/s1.